The van der Waals surface area contributed by atoms with E-state index < -0.39 is 11.8 Å². The van der Waals surface area contributed by atoms with E-state index in [1.165, 1.54) is 12.1 Å². The number of hydrogen-bond donors (Lipinski definition) is 1. The summed E-state index contributed by atoms with van der Waals surface area (Å²) in [6.07, 6.45) is 3.71. The summed E-state index contributed by atoms with van der Waals surface area (Å²) >= 11 is 0. The standard InChI is InChI=1S/C27H23FN2O4/c1-2-24(31)25(32)12-17-5-3-7-20(9-17)23-15-30-27-22(23)11-19(14-29-27)13-26(33)34-16-18-6-4-8-21(28)10-18/h3-11,14-15H,2,12-13,16H2,1H3,(H,29,30). The number of benzene rings is 2. The molecule has 0 bridgehead atoms. The van der Waals surface area contributed by atoms with E-state index >= 15 is 0 Å². The number of Topliss-reactive ketones (excluding diaryl/α,β-unsaturated/α-hetero) is 2. The third-order valence-corrected chi connectivity index (χ3v) is 5.46. The average Bonchev–Trinajstić information content (AvgIpc) is 3.26. The Morgan fingerprint density at radius 1 is 0.941 bits per heavy atom. The van der Waals surface area contributed by atoms with Crippen molar-refractivity contribution in [2.75, 3.05) is 0 Å². The molecule has 0 saturated carbocycles. The molecule has 7 heteroatoms. The van der Waals surface area contributed by atoms with Crippen molar-refractivity contribution in [3.63, 3.8) is 0 Å². The molecule has 0 aliphatic carbocycles. The first-order valence-corrected chi connectivity index (χ1v) is 10.9. The first-order valence-electron chi connectivity index (χ1n) is 10.9. The monoisotopic (exact) mass is 458 g/mol. The van der Waals surface area contributed by atoms with E-state index in [0.717, 1.165) is 22.1 Å². The Kier molecular flexibility index (Phi) is 6.92. The summed E-state index contributed by atoms with van der Waals surface area (Å²) in [7, 11) is 0. The van der Waals surface area contributed by atoms with Gasteiger partial charge in [0.1, 0.15) is 18.1 Å². The van der Waals surface area contributed by atoms with Crippen LogP contribution in [-0.4, -0.2) is 27.5 Å². The Balaban J connectivity index is 1.50. The van der Waals surface area contributed by atoms with Gasteiger partial charge in [0, 0.05) is 36.2 Å². The topological polar surface area (TPSA) is 89.1 Å². The fourth-order valence-corrected chi connectivity index (χ4v) is 3.72. The highest BCUT2D eigenvalue weighted by atomic mass is 19.1. The number of nitrogens with one attached hydrogen (secondary N) is 1. The second kappa shape index (κ2) is 10.2. The molecule has 0 saturated heterocycles. The van der Waals surface area contributed by atoms with Gasteiger partial charge in [-0.3, -0.25) is 14.4 Å². The zero-order chi connectivity index (χ0) is 24.1. The number of pyridine rings is 1. The smallest absolute Gasteiger partial charge is 0.310 e. The third kappa shape index (κ3) is 5.43. The highest BCUT2D eigenvalue weighted by Gasteiger charge is 2.14. The lowest BCUT2D eigenvalue weighted by molar-refractivity contribution is -0.144. The zero-order valence-corrected chi connectivity index (χ0v) is 18.6. The number of fused-ring (bicyclic) bond motifs is 1. The van der Waals surface area contributed by atoms with Crippen LogP contribution in [0.15, 0.2) is 67.0 Å². The normalized spacial score (nSPS) is 10.9. The number of H-pyrrole nitrogens is 1. The van der Waals surface area contributed by atoms with Crippen LogP contribution in [0, 0.1) is 5.82 Å². The van der Waals surface area contributed by atoms with Gasteiger partial charge in [0.15, 0.2) is 5.78 Å². The Morgan fingerprint density at radius 3 is 2.53 bits per heavy atom. The molecule has 2 aromatic heterocycles. The third-order valence-electron chi connectivity index (χ3n) is 5.46. The minimum absolute atomic E-state index is 0.00623. The van der Waals surface area contributed by atoms with Crippen LogP contribution in [0.1, 0.15) is 30.0 Å². The molecule has 0 spiro atoms. The average molecular weight is 458 g/mol. The number of halogens is 1. The highest BCUT2D eigenvalue weighted by Crippen LogP contribution is 2.29. The summed E-state index contributed by atoms with van der Waals surface area (Å²) < 4.78 is 18.6. The quantitative estimate of drug-likeness (QED) is 0.289. The maximum atomic E-state index is 13.3. The molecule has 2 heterocycles. The molecule has 1 N–H and O–H groups in total. The number of aromatic amines is 1. The van der Waals surface area contributed by atoms with Crippen molar-refractivity contribution in [1.29, 1.82) is 0 Å². The summed E-state index contributed by atoms with van der Waals surface area (Å²) in [6.45, 7) is 1.66. The van der Waals surface area contributed by atoms with Gasteiger partial charge < -0.3 is 9.72 Å². The van der Waals surface area contributed by atoms with Gasteiger partial charge in [-0.25, -0.2) is 9.37 Å². The summed E-state index contributed by atoms with van der Waals surface area (Å²) in [5.41, 5.74) is 4.41. The molecule has 0 amide bonds. The summed E-state index contributed by atoms with van der Waals surface area (Å²) in [4.78, 5) is 43.5. The fourth-order valence-electron chi connectivity index (χ4n) is 3.72. The molecule has 4 aromatic rings. The number of carbonyl (C=O) groups is 3. The van der Waals surface area contributed by atoms with Gasteiger partial charge in [-0.2, -0.15) is 0 Å². The molecule has 6 nitrogen and oxygen atoms in total. The van der Waals surface area contributed by atoms with Gasteiger partial charge >= 0.3 is 5.97 Å². The van der Waals surface area contributed by atoms with Gasteiger partial charge in [-0.05, 0) is 40.5 Å². The van der Waals surface area contributed by atoms with Crippen LogP contribution in [-0.2, 0) is 38.6 Å². The number of carbonyl (C=O) groups excluding carboxylic acids is 3. The van der Waals surface area contributed by atoms with Gasteiger partial charge in [0.2, 0.25) is 5.78 Å². The van der Waals surface area contributed by atoms with Crippen molar-refractivity contribution < 1.29 is 23.5 Å². The van der Waals surface area contributed by atoms with Crippen molar-refractivity contribution in [3.8, 4) is 11.1 Å². The van der Waals surface area contributed by atoms with Gasteiger partial charge in [-0.15, -0.1) is 0 Å². The van der Waals surface area contributed by atoms with Crippen LogP contribution in [0.2, 0.25) is 0 Å². The van der Waals surface area contributed by atoms with E-state index in [9.17, 15) is 18.8 Å². The van der Waals surface area contributed by atoms with E-state index in [1.807, 2.05) is 36.5 Å². The highest BCUT2D eigenvalue weighted by molar-refractivity contribution is 6.37. The van der Waals surface area contributed by atoms with E-state index in [1.54, 1.807) is 25.3 Å². The number of ketones is 2. The van der Waals surface area contributed by atoms with Crippen LogP contribution in [0.5, 0.6) is 0 Å². The van der Waals surface area contributed by atoms with Crippen LogP contribution < -0.4 is 0 Å². The number of hydrogen-bond acceptors (Lipinski definition) is 5. The van der Waals surface area contributed by atoms with E-state index in [0.29, 0.717) is 16.8 Å². The molecular weight excluding hydrogens is 435 g/mol. The van der Waals surface area contributed by atoms with E-state index in [4.69, 9.17) is 4.74 Å². The molecule has 0 aliphatic heterocycles. The molecule has 4 rings (SSSR count). The summed E-state index contributed by atoms with van der Waals surface area (Å²) in [5, 5.41) is 0.823. The first kappa shape index (κ1) is 23.0. The molecule has 0 atom stereocenters. The minimum atomic E-state index is -0.441. The maximum absolute atomic E-state index is 13.3. The van der Waals surface area contributed by atoms with Crippen molar-refractivity contribution in [3.05, 3.63) is 89.5 Å². The lowest BCUT2D eigenvalue weighted by atomic mass is 9.99. The maximum Gasteiger partial charge on any atom is 0.310 e. The lowest BCUT2D eigenvalue weighted by Gasteiger charge is -2.07. The van der Waals surface area contributed by atoms with Gasteiger partial charge in [0.25, 0.3) is 0 Å². The minimum Gasteiger partial charge on any atom is -0.461 e. The zero-order valence-electron chi connectivity index (χ0n) is 18.6. The fraction of sp³-hybridized carbons (Fsp3) is 0.185. The van der Waals surface area contributed by atoms with Crippen molar-refractivity contribution >= 4 is 28.6 Å². The van der Waals surface area contributed by atoms with Crippen molar-refractivity contribution in [2.24, 2.45) is 0 Å². The molecule has 34 heavy (non-hydrogen) atoms. The van der Waals surface area contributed by atoms with Crippen molar-refractivity contribution in [2.45, 2.75) is 32.8 Å². The Bertz CT molecular complexity index is 1380. The van der Waals surface area contributed by atoms with Crippen LogP contribution in [0.4, 0.5) is 4.39 Å². The summed E-state index contributed by atoms with van der Waals surface area (Å²) in [6, 6.07) is 15.2. The number of nitrogens with zero attached hydrogens (tertiary/aromatic N) is 1. The molecule has 0 unspecified atom stereocenters. The van der Waals surface area contributed by atoms with Crippen LogP contribution in [0.3, 0.4) is 0 Å². The first-order chi connectivity index (χ1) is 16.4. The lowest BCUT2D eigenvalue weighted by Crippen LogP contribution is -2.14. The number of rotatable bonds is 9. The molecule has 0 fully saturated rings. The predicted molar refractivity (Wildman–Crippen MR) is 125 cm³/mol. The van der Waals surface area contributed by atoms with Gasteiger partial charge in [0.05, 0.1) is 6.42 Å². The molecule has 172 valence electrons. The number of aromatic nitrogens is 2. The largest absolute Gasteiger partial charge is 0.461 e. The number of ether oxygens (including phenoxy) is 1. The van der Waals surface area contributed by atoms with E-state index in [2.05, 4.69) is 9.97 Å². The van der Waals surface area contributed by atoms with Crippen LogP contribution in [0.25, 0.3) is 22.2 Å². The Labute approximate surface area is 195 Å². The molecular formula is C27H23FN2O4. The van der Waals surface area contributed by atoms with Gasteiger partial charge in [-0.1, -0.05) is 43.3 Å². The summed E-state index contributed by atoms with van der Waals surface area (Å²) in [5.74, 6) is -1.60. The molecule has 2 aromatic carbocycles. The van der Waals surface area contributed by atoms with Crippen LogP contribution >= 0.6 is 0 Å². The van der Waals surface area contributed by atoms with Crippen molar-refractivity contribution in [1.82, 2.24) is 9.97 Å². The second-order valence-electron chi connectivity index (χ2n) is 7.99. The Hall–Kier alpha value is -4.13. The second-order valence-corrected chi connectivity index (χ2v) is 7.99. The van der Waals surface area contributed by atoms with E-state index in [-0.39, 0.29) is 37.5 Å². The number of esters is 1. The molecule has 0 radical (unpaired) electrons. The molecule has 0 aliphatic rings. The predicted octanol–water partition coefficient (Wildman–Crippen LogP) is 4.75. The SMILES string of the molecule is CCC(=O)C(=O)Cc1cccc(-c2c[nH]c3ncc(CC(=O)OCc4cccc(F)c4)cc23)c1. The Morgan fingerprint density at radius 2 is 1.74 bits per heavy atom.